The van der Waals surface area contributed by atoms with Crippen molar-refractivity contribution in [2.75, 3.05) is 39.6 Å². The van der Waals surface area contributed by atoms with Gasteiger partial charge in [-0.1, -0.05) is 305 Å². The maximum Gasteiger partial charge on any atom is 0.472 e. The Morgan fingerprint density at radius 2 is 0.517 bits per heavy atom. The smallest absolute Gasteiger partial charge is 0.462 e. The zero-order chi connectivity index (χ0) is 65.7. The largest absolute Gasteiger partial charge is 0.472 e. The molecule has 0 fully saturated rings. The summed E-state index contributed by atoms with van der Waals surface area (Å²) in [4.78, 5) is 72.5. The van der Waals surface area contributed by atoms with E-state index in [-0.39, 0.29) is 25.7 Å². The minimum atomic E-state index is -4.95. The Morgan fingerprint density at radius 3 is 0.764 bits per heavy atom. The fourth-order valence-electron chi connectivity index (χ4n) is 10.6. The van der Waals surface area contributed by atoms with Crippen LogP contribution in [0.5, 0.6) is 0 Å². The van der Waals surface area contributed by atoms with Crippen molar-refractivity contribution < 1.29 is 80.2 Å². The molecule has 0 saturated carbocycles. The van der Waals surface area contributed by atoms with Crippen LogP contribution in [0.15, 0.2) is 0 Å². The van der Waals surface area contributed by atoms with Gasteiger partial charge in [-0.25, -0.2) is 9.13 Å². The highest BCUT2D eigenvalue weighted by atomic mass is 31.2. The van der Waals surface area contributed by atoms with Crippen LogP contribution in [0.25, 0.3) is 0 Å². The molecule has 0 aliphatic carbocycles. The van der Waals surface area contributed by atoms with Crippen LogP contribution in [0.2, 0.25) is 0 Å². The summed E-state index contributed by atoms with van der Waals surface area (Å²) in [6, 6.07) is 0. The SMILES string of the molecule is CCCCCCCCCCCCCC(=O)O[C@H](COC(=O)CCCCCCCCCC)COP(=O)(O)OC[C@H](O)COP(=O)(O)OC[C@@H](COC(=O)CCCCCCCCCCCCCC(C)C)OC(=O)CCCCCCCCCCCCCCCC(C)C. The lowest BCUT2D eigenvalue weighted by molar-refractivity contribution is -0.161. The molecule has 3 N–H and O–H groups in total. The van der Waals surface area contributed by atoms with E-state index < -0.39 is 97.5 Å². The van der Waals surface area contributed by atoms with Crippen LogP contribution in [-0.2, 0) is 65.4 Å². The van der Waals surface area contributed by atoms with E-state index in [1.54, 1.807) is 0 Å². The second-order valence-electron chi connectivity index (χ2n) is 26.2. The number of ether oxygens (including phenoxy) is 4. The number of unbranched alkanes of at least 4 members (excludes halogenated alkanes) is 39. The van der Waals surface area contributed by atoms with Crippen LogP contribution in [0.4, 0.5) is 0 Å². The maximum atomic E-state index is 13.0. The van der Waals surface area contributed by atoms with Gasteiger partial charge in [0.1, 0.15) is 19.3 Å². The first-order chi connectivity index (χ1) is 42.9. The van der Waals surface area contributed by atoms with Crippen molar-refractivity contribution in [3.8, 4) is 0 Å². The predicted molar refractivity (Wildman–Crippen MR) is 358 cm³/mol. The fourth-order valence-corrected chi connectivity index (χ4v) is 12.2. The highest BCUT2D eigenvalue weighted by Crippen LogP contribution is 2.45. The van der Waals surface area contributed by atoms with E-state index in [0.29, 0.717) is 25.7 Å². The number of aliphatic hydroxyl groups is 1. The Morgan fingerprint density at radius 1 is 0.303 bits per heavy atom. The zero-order valence-corrected chi connectivity index (χ0v) is 59.5. The summed E-state index contributed by atoms with van der Waals surface area (Å²) in [6.07, 6.45) is 47.1. The molecule has 89 heavy (non-hydrogen) atoms. The molecule has 19 heteroatoms. The van der Waals surface area contributed by atoms with E-state index in [0.717, 1.165) is 108 Å². The number of aliphatic hydroxyl groups excluding tert-OH is 1. The molecular weight excluding hydrogens is 1170 g/mol. The molecule has 0 rings (SSSR count). The van der Waals surface area contributed by atoms with Gasteiger partial charge in [-0.3, -0.25) is 37.3 Å². The van der Waals surface area contributed by atoms with Gasteiger partial charge in [0.15, 0.2) is 12.2 Å². The second kappa shape index (κ2) is 62.2. The molecule has 0 aromatic carbocycles. The molecule has 0 aromatic rings. The summed E-state index contributed by atoms with van der Waals surface area (Å²) < 4.78 is 68.2. The predicted octanol–water partition coefficient (Wildman–Crippen LogP) is 20.0. The summed E-state index contributed by atoms with van der Waals surface area (Å²) in [5.74, 6) is -0.568. The van der Waals surface area contributed by atoms with Gasteiger partial charge in [0.2, 0.25) is 0 Å². The summed E-state index contributed by atoms with van der Waals surface area (Å²) in [5.41, 5.74) is 0. The molecular formula is C70H136O17P2. The molecule has 0 spiro atoms. The van der Waals surface area contributed by atoms with Crippen molar-refractivity contribution in [2.24, 2.45) is 11.8 Å². The molecule has 0 aliphatic heterocycles. The Kier molecular flexibility index (Phi) is 60.8. The number of carbonyl (C=O) groups is 4. The van der Waals surface area contributed by atoms with Crippen LogP contribution in [0.3, 0.4) is 0 Å². The number of esters is 4. The molecule has 5 atom stereocenters. The molecule has 528 valence electrons. The van der Waals surface area contributed by atoms with Gasteiger partial charge < -0.3 is 33.8 Å². The first kappa shape index (κ1) is 87.1. The van der Waals surface area contributed by atoms with Crippen molar-refractivity contribution in [2.45, 2.75) is 374 Å². The normalized spacial score (nSPS) is 14.1. The van der Waals surface area contributed by atoms with Gasteiger partial charge in [0.05, 0.1) is 26.4 Å². The summed E-state index contributed by atoms with van der Waals surface area (Å²) in [7, 11) is -9.90. The van der Waals surface area contributed by atoms with Crippen LogP contribution >= 0.6 is 15.6 Å². The van der Waals surface area contributed by atoms with Gasteiger partial charge in [-0.15, -0.1) is 0 Å². The number of hydrogen-bond acceptors (Lipinski definition) is 15. The maximum absolute atomic E-state index is 13.0. The fraction of sp³-hybridized carbons (Fsp3) is 0.943. The Labute approximate surface area is 543 Å². The van der Waals surface area contributed by atoms with E-state index in [2.05, 4.69) is 41.5 Å². The van der Waals surface area contributed by atoms with Crippen molar-refractivity contribution in [1.29, 1.82) is 0 Å². The highest BCUT2D eigenvalue weighted by Gasteiger charge is 2.30. The number of rotatable bonds is 69. The van der Waals surface area contributed by atoms with Gasteiger partial charge in [0.25, 0.3) is 0 Å². The van der Waals surface area contributed by atoms with Gasteiger partial charge in [-0.2, -0.15) is 0 Å². The molecule has 0 aliphatic rings. The minimum Gasteiger partial charge on any atom is -0.462 e. The topological polar surface area (TPSA) is 237 Å². The van der Waals surface area contributed by atoms with Crippen molar-refractivity contribution in [3.63, 3.8) is 0 Å². The molecule has 0 heterocycles. The first-order valence-electron chi connectivity index (χ1n) is 36.5. The molecule has 0 amide bonds. The number of carbonyl (C=O) groups excluding carboxylic acids is 4. The quantitative estimate of drug-likeness (QED) is 0.0222. The molecule has 2 unspecified atom stereocenters. The Bertz CT molecular complexity index is 1730. The third-order valence-electron chi connectivity index (χ3n) is 16.2. The molecule has 0 saturated heterocycles. The molecule has 17 nitrogen and oxygen atoms in total. The van der Waals surface area contributed by atoms with Crippen LogP contribution < -0.4 is 0 Å². The summed E-state index contributed by atoms with van der Waals surface area (Å²) >= 11 is 0. The molecule has 0 aromatic heterocycles. The third-order valence-corrected chi connectivity index (χ3v) is 18.1. The van der Waals surface area contributed by atoms with Crippen LogP contribution in [-0.4, -0.2) is 96.7 Å². The molecule has 0 bridgehead atoms. The average Bonchev–Trinajstić information content (AvgIpc) is 3.71. The van der Waals surface area contributed by atoms with E-state index in [4.69, 9.17) is 37.0 Å². The van der Waals surface area contributed by atoms with Crippen LogP contribution in [0, 0.1) is 11.8 Å². The monoisotopic (exact) mass is 1310 g/mol. The van der Waals surface area contributed by atoms with Crippen molar-refractivity contribution in [3.05, 3.63) is 0 Å². The number of phosphoric ester groups is 2. The van der Waals surface area contributed by atoms with E-state index in [9.17, 15) is 43.2 Å². The number of phosphoric acid groups is 2. The molecule has 0 radical (unpaired) electrons. The van der Waals surface area contributed by atoms with Gasteiger partial charge in [-0.05, 0) is 37.5 Å². The minimum absolute atomic E-state index is 0.107. The van der Waals surface area contributed by atoms with Crippen molar-refractivity contribution >= 4 is 39.5 Å². The zero-order valence-electron chi connectivity index (χ0n) is 57.7. The summed E-state index contributed by atoms with van der Waals surface area (Å²) in [5, 5.41) is 10.6. The van der Waals surface area contributed by atoms with Crippen LogP contribution in [0.1, 0.15) is 356 Å². The van der Waals surface area contributed by atoms with E-state index in [1.165, 1.54) is 167 Å². The van der Waals surface area contributed by atoms with E-state index >= 15 is 0 Å². The van der Waals surface area contributed by atoms with E-state index in [1.807, 2.05) is 0 Å². The lowest BCUT2D eigenvalue weighted by Gasteiger charge is -2.21. The first-order valence-corrected chi connectivity index (χ1v) is 39.5. The Balaban J connectivity index is 5.22. The Hall–Kier alpha value is -1.94. The van der Waals surface area contributed by atoms with Gasteiger partial charge in [0, 0.05) is 25.7 Å². The highest BCUT2D eigenvalue weighted by molar-refractivity contribution is 7.47. The lowest BCUT2D eigenvalue weighted by atomic mass is 10.0. The standard InChI is InChI=1S/C70H136O17P2/c1-7-9-11-13-15-17-22-30-36-42-48-54-69(74)86-65(58-80-67(72)52-46-40-34-16-14-12-10-8-2)60-84-88(76,77)82-56-64(71)57-83-89(78,79)85-61-66(59-81-68(73)53-47-41-35-29-26-21-24-28-33-39-45-51-63(5)6)87-70(75)55-49-43-37-31-25-20-18-19-23-27-32-38-44-50-62(3)4/h62-66,71H,7-61H2,1-6H3,(H,76,77)(H,78,79)/t64-,65+,66+/m0/s1. The lowest BCUT2D eigenvalue weighted by Crippen LogP contribution is -2.30. The third kappa shape index (κ3) is 64.6. The average molecular weight is 1310 g/mol. The van der Waals surface area contributed by atoms with Gasteiger partial charge >= 0.3 is 39.5 Å². The van der Waals surface area contributed by atoms with Crippen molar-refractivity contribution in [1.82, 2.24) is 0 Å². The summed E-state index contributed by atoms with van der Waals surface area (Å²) in [6.45, 7) is 9.54. The number of hydrogen-bond donors (Lipinski definition) is 3. The second-order valence-corrected chi connectivity index (χ2v) is 29.1.